The average Bonchev–Trinajstić information content (AvgIpc) is 2.03. The molecule has 0 saturated carbocycles. The van der Waals surface area contributed by atoms with E-state index in [0.29, 0.717) is 0 Å². The molecule has 70 valence electrons. The van der Waals surface area contributed by atoms with Crippen LogP contribution in [0.25, 0.3) is 0 Å². The summed E-state index contributed by atoms with van der Waals surface area (Å²) in [5, 5.41) is 9.90. The van der Waals surface area contributed by atoms with Gasteiger partial charge in [-0.05, 0) is 26.7 Å². The van der Waals surface area contributed by atoms with E-state index in [0.717, 1.165) is 25.1 Å². The van der Waals surface area contributed by atoms with Gasteiger partial charge in [-0.3, -0.25) is 4.99 Å². The molecule has 0 rings (SSSR count). The minimum Gasteiger partial charge on any atom is -0.384 e. The minimum absolute atomic E-state index is 0. The molecule has 0 bridgehead atoms. The molecule has 0 fully saturated rings. The fraction of sp³-hybridized carbons (Fsp3) is 0.889. The fourth-order valence-corrected chi connectivity index (χ4v) is 1.15. The molecule has 0 spiro atoms. The first-order valence-electron chi connectivity index (χ1n) is 4.34. The molecular formula is C9H19NNdO. The van der Waals surface area contributed by atoms with Crippen LogP contribution in [-0.2, 0) is 0 Å². The summed E-state index contributed by atoms with van der Waals surface area (Å²) in [6.45, 7) is 8.61. The van der Waals surface area contributed by atoms with E-state index in [4.69, 9.17) is 0 Å². The summed E-state index contributed by atoms with van der Waals surface area (Å²) in [6, 6.07) is 0. The molecule has 0 amide bonds. The third-order valence-corrected chi connectivity index (χ3v) is 2.24. The number of nitrogens with zero attached hydrogens (tertiary/aromatic N) is 1. The first-order valence-corrected chi connectivity index (χ1v) is 4.34. The van der Waals surface area contributed by atoms with E-state index in [-0.39, 0.29) is 40.8 Å². The molecule has 0 aliphatic rings. The van der Waals surface area contributed by atoms with Crippen molar-refractivity contribution in [2.24, 2.45) is 4.99 Å². The van der Waals surface area contributed by atoms with Crippen molar-refractivity contribution >= 4 is 5.71 Å². The second-order valence-electron chi connectivity index (χ2n) is 2.80. The molecule has 0 saturated heterocycles. The first-order chi connectivity index (χ1) is 5.10. The van der Waals surface area contributed by atoms with Gasteiger partial charge in [0.1, 0.15) is 5.60 Å². The largest absolute Gasteiger partial charge is 0.384 e. The summed E-state index contributed by atoms with van der Waals surface area (Å²) in [6.07, 6.45) is 1.50. The summed E-state index contributed by atoms with van der Waals surface area (Å²) in [7, 11) is 0. The molecule has 0 unspecified atom stereocenters. The van der Waals surface area contributed by atoms with E-state index in [9.17, 15) is 5.11 Å². The van der Waals surface area contributed by atoms with E-state index < -0.39 is 5.60 Å². The van der Waals surface area contributed by atoms with E-state index in [1.54, 1.807) is 0 Å². The van der Waals surface area contributed by atoms with Crippen LogP contribution in [-0.4, -0.2) is 23.0 Å². The van der Waals surface area contributed by atoms with Gasteiger partial charge in [0.2, 0.25) is 0 Å². The molecule has 0 aliphatic heterocycles. The van der Waals surface area contributed by atoms with Crippen LogP contribution in [0.3, 0.4) is 0 Å². The van der Waals surface area contributed by atoms with Crippen LogP contribution >= 0.6 is 0 Å². The molecule has 3 heteroatoms. The average molecular weight is 301 g/mol. The Hall–Kier alpha value is 0.981. The monoisotopic (exact) mass is 299 g/mol. The predicted octanol–water partition coefficient (Wildman–Crippen LogP) is 2.02. The van der Waals surface area contributed by atoms with Crippen LogP contribution in [0, 0.1) is 40.8 Å². The zero-order valence-corrected chi connectivity index (χ0v) is 11.7. The maximum atomic E-state index is 9.90. The number of aliphatic imine (C=N–C) groups is 1. The number of rotatable bonds is 4. The van der Waals surface area contributed by atoms with Gasteiger partial charge in [-0.15, -0.1) is 0 Å². The molecule has 0 aromatic rings. The van der Waals surface area contributed by atoms with Crippen LogP contribution in [0.2, 0.25) is 0 Å². The topological polar surface area (TPSA) is 32.6 Å². The van der Waals surface area contributed by atoms with E-state index in [1.165, 1.54) is 0 Å². The number of hydrogen-bond acceptors (Lipinski definition) is 2. The number of hydrogen-bond donors (Lipinski definition) is 1. The molecular weight excluding hydrogens is 282 g/mol. The normalized spacial score (nSPS) is 12.6. The van der Waals surface area contributed by atoms with Gasteiger partial charge in [0, 0.05) is 53.1 Å². The van der Waals surface area contributed by atoms with Crippen molar-refractivity contribution in [3.63, 3.8) is 0 Å². The Kier molecular flexibility index (Phi) is 9.52. The second-order valence-corrected chi connectivity index (χ2v) is 2.80. The smallest absolute Gasteiger partial charge is 0.101 e. The van der Waals surface area contributed by atoms with Gasteiger partial charge in [0.25, 0.3) is 0 Å². The van der Waals surface area contributed by atoms with E-state index in [1.807, 2.05) is 27.7 Å². The molecule has 0 heterocycles. The Morgan fingerprint density at radius 3 is 1.92 bits per heavy atom. The van der Waals surface area contributed by atoms with Crippen molar-refractivity contribution in [1.82, 2.24) is 0 Å². The van der Waals surface area contributed by atoms with Crippen LogP contribution in [0.4, 0.5) is 0 Å². The fourth-order valence-electron chi connectivity index (χ4n) is 1.15. The summed E-state index contributed by atoms with van der Waals surface area (Å²) in [5.74, 6) is 0. The molecule has 0 radical (unpaired) electrons. The third-order valence-electron chi connectivity index (χ3n) is 2.24. The van der Waals surface area contributed by atoms with Crippen molar-refractivity contribution in [3.8, 4) is 0 Å². The van der Waals surface area contributed by atoms with Gasteiger partial charge in [-0.1, -0.05) is 13.8 Å². The SMILES string of the molecule is CCN=C(C)C(O)(CC)CC.[Nd]. The summed E-state index contributed by atoms with van der Waals surface area (Å²) < 4.78 is 0. The van der Waals surface area contributed by atoms with E-state index >= 15 is 0 Å². The van der Waals surface area contributed by atoms with Crippen molar-refractivity contribution in [2.45, 2.75) is 46.1 Å². The van der Waals surface area contributed by atoms with Gasteiger partial charge in [-0.2, -0.15) is 0 Å². The van der Waals surface area contributed by atoms with Gasteiger partial charge in [-0.25, -0.2) is 0 Å². The van der Waals surface area contributed by atoms with Gasteiger partial charge < -0.3 is 5.11 Å². The van der Waals surface area contributed by atoms with Crippen molar-refractivity contribution in [1.29, 1.82) is 0 Å². The maximum absolute atomic E-state index is 9.90. The molecule has 0 aromatic heterocycles. The summed E-state index contributed by atoms with van der Waals surface area (Å²) >= 11 is 0. The maximum Gasteiger partial charge on any atom is 0.101 e. The quantitative estimate of drug-likeness (QED) is 0.792. The van der Waals surface area contributed by atoms with Crippen LogP contribution < -0.4 is 0 Å². The summed E-state index contributed by atoms with van der Waals surface area (Å²) in [5.41, 5.74) is 0.209. The Morgan fingerprint density at radius 2 is 1.67 bits per heavy atom. The van der Waals surface area contributed by atoms with Crippen LogP contribution in [0.5, 0.6) is 0 Å². The van der Waals surface area contributed by atoms with Crippen molar-refractivity contribution in [3.05, 3.63) is 0 Å². The van der Waals surface area contributed by atoms with Gasteiger partial charge in [0.15, 0.2) is 0 Å². The Bertz CT molecular complexity index is 141. The van der Waals surface area contributed by atoms with Gasteiger partial charge >= 0.3 is 0 Å². The van der Waals surface area contributed by atoms with Crippen LogP contribution in [0.15, 0.2) is 4.99 Å². The Morgan fingerprint density at radius 1 is 1.25 bits per heavy atom. The van der Waals surface area contributed by atoms with Crippen molar-refractivity contribution < 1.29 is 45.9 Å². The van der Waals surface area contributed by atoms with Crippen LogP contribution in [0.1, 0.15) is 40.5 Å². The number of aliphatic hydroxyl groups is 1. The second kappa shape index (κ2) is 7.39. The predicted molar refractivity (Wildman–Crippen MR) is 49.2 cm³/mol. The Labute approximate surface area is 108 Å². The van der Waals surface area contributed by atoms with Crippen molar-refractivity contribution in [2.75, 3.05) is 6.54 Å². The summed E-state index contributed by atoms with van der Waals surface area (Å²) in [4.78, 5) is 4.20. The Balaban J connectivity index is 0. The molecule has 0 aromatic carbocycles. The zero-order valence-electron chi connectivity index (χ0n) is 8.52. The third kappa shape index (κ3) is 4.28. The molecule has 12 heavy (non-hydrogen) atoms. The van der Waals surface area contributed by atoms with Gasteiger partial charge in [0.05, 0.1) is 0 Å². The molecule has 1 N–H and O–H groups in total. The molecule has 0 aliphatic carbocycles. The standard InChI is InChI=1S/C9H19NO.Nd/c1-5-9(11,6-2)8(4)10-7-3;/h11H,5-7H2,1-4H3;. The molecule has 2 nitrogen and oxygen atoms in total. The minimum atomic E-state index is -0.657. The zero-order chi connectivity index (χ0) is 8.91. The van der Waals surface area contributed by atoms with E-state index in [2.05, 4.69) is 4.99 Å². The molecule has 0 atom stereocenters. The first kappa shape index (κ1) is 15.5.